The van der Waals surface area contributed by atoms with Crippen LogP contribution in [-0.4, -0.2) is 29.1 Å². The molecule has 0 bridgehead atoms. The number of nitrogens with zero attached hydrogens (tertiary/aromatic N) is 2. The Bertz CT molecular complexity index is 409. The van der Waals surface area contributed by atoms with E-state index < -0.39 is 6.10 Å². The minimum atomic E-state index is -0.405. The van der Waals surface area contributed by atoms with Crippen LogP contribution >= 0.6 is 0 Å². The van der Waals surface area contributed by atoms with Gasteiger partial charge in [-0.3, -0.25) is 4.90 Å². The van der Waals surface area contributed by atoms with Crippen molar-refractivity contribution >= 4 is 0 Å². The van der Waals surface area contributed by atoms with Gasteiger partial charge in [0.15, 0.2) is 0 Å². The second kappa shape index (κ2) is 7.28. The fourth-order valence-electron chi connectivity index (χ4n) is 2.38. The number of hydrogen-bond donors (Lipinski definition) is 1. The lowest BCUT2D eigenvalue weighted by atomic mass is 10.1. The molecule has 0 saturated heterocycles. The van der Waals surface area contributed by atoms with E-state index in [1.807, 2.05) is 30.3 Å². The molecule has 0 amide bonds. The van der Waals surface area contributed by atoms with Crippen molar-refractivity contribution in [3.63, 3.8) is 0 Å². The zero-order chi connectivity index (χ0) is 13.5. The fraction of sp³-hybridized carbons (Fsp3) is 0.562. The summed E-state index contributed by atoms with van der Waals surface area (Å²) >= 11 is 0. The van der Waals surface area contributed by atoms with Crippen LogP contribution in [0.5, 0.6) is 0 Å². The number of aliphatic hydroxyl groups excluding tert-OH is 1. The standard InChI is InChI=1S/C16H22N2O/c17-11-5-2-6-12-18(15-9-10-15)13-16(19)14-7-3-1-4-8-14/h1,3-4,7-8,15-16,19H,2,5-6,9-10,12-13H2. The Hall–Kier alpha value is -1.37. The molecule has 102 valence electrons. The number of nitriles is 1. The average Bonchev–Trinajstić information content (AvgIpc) is 3.27. The fourth-order valence-corrected chi connectivity index (χ4v) is 2.38. The van der Waals surface area contributed by atoms with Crippen LogP contribution in [0.1, 0.15) is 43.8 Å². The molecule has 1 unspecified atom stereocenters. The normalized spacial score (nSPS) is 16.3. The van der Waals surface area contributed by atoms with Crippen LogP contribution in [0.25, 0.3) is 0 Å². The average molecular weight is 258 g/mol. The van der Waals surface area contributed by atoms with Crippen molar-refractivity contribution in [2.75, 3.05) is 13.1 Å². The highest BCUT2D eigenvalue weighted by Gasteiger charge is 2.29. The maximum Gasteiger partial charge on any atom is 0.0917 e. The molecule has 0 aliphatic heterocycles. The molecular weight excluding hydrogens is 236 g/mol. The number of benzene rings is 1. The van der Waals surface area contributed by atoms with Gasteiger partial charge >= 0.3 is 0 Å². The van der Waals surface area contributed by atoms with Crippen molar-refractivity contribution in [3.8, 4) is 6.07 Å². The Kier molecular flexibility index (Phi) is 5.38. The summed E-state index contributed by atoms with van der Waals surface area (Å²) in [6.45, 7) is 1.71. The second-order valence-corrected chi connectivity index (χ2v) is 5.27. The highest BCUT2D eigenvalue weighted by Crippen LogP contribution is 2.29. The number of aliphatic hydroxyl groups is 1. The van der Waals surface area contributed by atoms with E-state index in [0.29, 0.717) is 19.0 Å². The van der Waals surface area contributed by atoms with Crippen LogP contribution in [0, 0.1) is 11.3 Å². The molecule has 0 heterocycles. The molecule has 0 spiro atoms. The molecule has 3 nitrogen and oxygen atoms in total. The van der Waals surface area contributed by atoms with Crippen LogP contribution in [0.15, 0.2) is 30.3 Å². The molecule has 1 atom stereocenters. The summed E-state index contributed by atoms with van der Waals surface area (Å²) < 4.78 is 0. The topological polar surface area (TPSA) is 47.3 Å². The van der Waals surface area contributed by atoms with E-state index in [1.54, 1.807) is 0 Å². The van der Waals surface area contributed by atoms with E-state index in [0.717, 1.165) is 24.9 Å². The Labute approximate surface area is 115 Å². The number of unbranched alkanes of at least 4 members (excludes halogenated alkanes) is 2. The Morgan fingerprint density at radius 1 is 1.26 bits per heavy atom. The van der Waals surface area contributed by atoms with E-state index in [4.69, 9.17) is 5.26 Å². The highest BCUT2D eigenvalue weighted by molar-refractivity contribution is 5.17. The summed E-state index contributed by atoms with van der Waals surface area (Å²) in [6, 6.07) is 12.7. The lowest BCUT2D eigenvalue weighted by molar-refractivity contribution is 0.107. The molecule has 19 heavy (non-hydrogen) atoms. The van der Waals surface area contributed by atoms with E-state index in [1.165, 1.54) is 12.8 Å². The molecule has 1 aromatic carbocycles. The van der Waals surface area contributed by atoms with Gasteiger partial charge in [-0.15, -0.1) is 0 Å². The minimum Gasteiger partial charge on any atom is -0.387 e. The Balaban J connectivity index is 1.81. The predicted molar refractivity (Wildman–Crippen MR) is 75.5 cm³/mol. The maximum absolute atomic E-state index is 10.3. The van der Waals surface area contributed by atoms with Crippen molar-refractivity contribution in [3.05, 3.63) is 35.9 Å². The van der Waals surface area contributed by atoms with Crippen molar-refractivity contribution in [1.82, 2.24) is 4.90 Å². The van der Waals surface area contributed by atoms with Gasteiger partial charge in [0.2, 0.25) is 0 Å². The molecule has 2 rings (SSSR count). The summed E-state index contributed by atoms with van der Waals surface area (Å²) in [5, 5.41) is 18.8. The third kappa shape index (κ3) is 4.66. The third-order valence-electron chi connectivity index (χ3n) is 3.64. The third-order valence-corrected chi connectivity index (χ3v) is 3.64. The van der Waals surface area contributed by atoms with Gasteiger partial charge in [-0.1, -0.05) is 30.3 Å². The van der Waals surface area contributed by atoms with Gasteiger partial charge in [-0.05, 0) is 37.8 Å². The molecule has 1 aromatic rings. The van der Waals surface area contributed by atoms with Gasteiger partial charge in [0.25, 0.3) is 0 Å². The van der Waals surface area contributed by atoms with E-state index in [-0.39, 0.29) is 0 Å². The zero-order valence-corrected chi connectivity index (χ0v) is 11.3. The van der Waals surface area contributed by atoms with Crippen molar-refractivity contribution in [2.24, 2.45) is 0 Å². The lowest BCUT2D eigenvalue weighted by Crippen LogP contribution is -2.31. The van der Waals surface area contributed by atoms with Gasteiger partial charge < -0.3 is 5.11 Å². The Morgan fingerprint density at radius 2 is 2.00 bits per heavy atom. The van der Waals surface area contributed by atoms with Gasteiger partial charge in [0.05, 0.1) is 12.2 Å². The molecule has 1 saturated carbocycles. The second-order valence-electron chi connectivity index (χ2n) is 5.27. The van der Waals surface area contributed by atoms with Crippen molar-refractivity contribution in [1.29, 1.82) is 5.26 Å². The van der Waals surface area contributed by atoms with Crippen LogP contribution in [0.2, 0.25) is 0 Å². The van der Waals surface area contributed by atoms with Crippen LogP contribution in [0.3, 0.4) is 0 Å². The molecule has 0 radical (unpaired) electrons. The summed E-state index contributed by atoms with van der Waals surface area (Å²) in [5.41, 5.74) is 0.991. The first kappa shape index (κ1) is 14.0. The first-order valence-electron chi connectivity index (χ1n) is 7.15. The first-order chi connectivity index (χ1) is 9.31. The molecule has 3 heteroatoms. The van der Waals surface area contributed by atoms with Crippen LogP contribution in [0.4, 0.5) is 0 Å². The van der Waals surface area contributed by atoms with Gasteiger partial charge in [0, 0.05) is 19.0 Å². The summed E-state index contributed by atoms with van der Waals surface area (Å²) in [5.74, 6) is 0. The largest absolute Gasteiger partial charge is 0.387 e. The van der Waals surface area contributed by atoms with E-state index in [2.05, 4.69) is 11.0 Å². The summed E-state index contributed by atoms with van der Waals surface area (Å²) in [6.07, 6.45) is 4.74. The molecule has 1 fully saturated rings. The summed E-state index contributed by atoms with van der Waals surface area (Å²) in [4.78, 5) is 2.38. The zero-order valence-electron chi connectivity index (χ0n) is 11.3. The Morgan fingerprint density at radius 3 is 2.63 bits per heavy atom. The smallest absolute Gasteiger partial charge is 0.0917 e. The van der Waals surface area contributed by atoms with Gasteiger partial charge in [-0.2, -0.15) is 5.26 Å². The van der Waals surface area contributed by atoms with E-state index >= 15 is 0 Å². The molecule has 1 N–H and O–H groups in total. The van der Waals surface area contributed by atoms with Gasteiger partial charge in [-0.25, -0.2) is 0 Å². The molecule has 1 aliphatic carbocycles. The van der Waals surface area contributed by atoms with Crippen LogP contribution < -0.4 is 0 Å². The first-order valence-corrected chi connectivity index (χ1v) is 7.15. The number of hydrogen-bond acceptors (Lipinski definition) is 3. The molecule has 0 aromatic heterocycles. The minimum absolute atomic E-state index is 0.405. The van der Waals surface area contributed by atoms with Crippen molar-refractivity contribution < 1.29 is 5.11 Å². The van der Waals surface area contributed by atoms with E-state index in [9.17, 15) is 5.11 Å². The predicted octanol–water partition coefficient (Wildman–Crippen LogP) is 2.88. The highest BCUT2D eigenvalue weighted by atomic mass is 16.3. The van der Waals surface area contributed by atoms with Crippen LogP contribution in [-0.2, 0) is 0 Å². The van der Waals surface area contributed by atoms with Crippen molar-refractivity contribution in [2.45, 2.75) is 44.2 Å². The number of rotatable bonds is 8. The van der Waals surface area contributed by atoms with Gasteiger partial charge in [0.1, 0.15) is 0 Å². The molecular formula is C16H22N2O. The lowest BCUT2D eigenvalue weighted by Gasteiger charge is -2.25. The maximum atomic E-state index is 10.3. The SMILES string of the molecule is N#CCCCCN(CC(O)c1ccccc1)C1CC1. The summed E-state index contributed by atoms with van der Waals surface area (Å²) in [7, 11) is 0. The monoisotopic (exact) mass is 258 g/mol. The quantitative estimate of drug-likeness (QED) is 0.729. The molecule has 1 aliphatic rings.